The third kappa shape index (κ3) is 1.98. The van der Waals surface area contributed by atoms with Gasteiger partial charge >= 0.3 is 0 Å². The number of hydrogen-bond donors (Lipinski definition) is 0. The van der Waals surface area contributed by atoms with Gasteiger partial charge in [-0.25, -0.2) is 0 Å². The van der Waals surface area contributed by atoms with E-state index in [-0.39, 0.29) is 0 Å². The van der Waals surface area contributed by atoms with E-state index in [4.69, 9.17) is 4.74 Å². The first-order valence-electron chi connectivity index (χ1n) is 4.00. The molecule has 0 N–H and O–H groups in total. The molecule has 0 aromatic heterocycles. The lowest BCUT2D eigenvalue weighted by Gasteiger charge is -2.12. The second kappa shape index (κ2) is 3.21. The van der Waals surface area contributed by atoms with Crippen LogP contribution < -0.4 is 0 Å². The highest BCUT2D eigenvalue weighted by Gasteiger charge is 2.29. The highest BCUT2D eigenvalue weighted by Crippen LogP contribution is 2.35. The summed E-state index contributed by atoms with van der Waals surface area (Å²) in [5.41, 5.74) is 0. The minimum atomic E-state index is 0.579. The maximum absolute atomic E-state index is 5.52. The highest BCUT2D eigenvalue weighted by molar-refractivity contribution is 4.80. The van der Waals surface area contributed by atoms with E-state index in [2.05, 4.69) is 13.8 Å². The van der Waals surface area contributed by atoms with E-state index in [0.717, 1.165) is 12.5 Å². The molecule has 1 aliphatic rings. The summed E-state index contributed by atoms with van der Waals surface area (Å²) in [7, 11) is 0. The van der Waals surface area contributed by atoms with Gasteiger partial charge in [0.2, 0.25) is 0 Å². The quantitative estimate of drug-likeness (QED) is 0.564. The predicted octanol–water partition coefficient (Wildman–Crippen LogP) is 2.21. The summed E-state index contributed by atoms with van der Waals surface area (Å²) in [5, 5.41) is 0. The van der Waals surface area contributed by atoms with Crippen LogP contribution in [0.5, 0.6) is 0 Å². The summed E-state index contributed by atoms with van der Waals surface area (Å²) in [4.78, 5) is 0. The Hall–Kier alpha value is -0.0400. The van der Waals surface area contributed by atoms with Gasteiger partial charge in [0.15, 0.2) is 0 Å². The molecule has 0 saturated heterocycles. The molecule has 1 aliphatic carbocycles. The first-order valence-corrected chi connectivity index (χ1v) is 4.00. The number of rotatable bonds is 4. The summed E-state index contributed by atoms with van der Waals surface area (Å²) >= 11 is 0. The van der Waals surface area contributed by atoms with Crippen molar-refractivity contribution in [2.75, 3.05) is 6.61 Å². The normalized spacial score (nSPS) is 22.0. The summed E-state index contributed by atoms with van der Waals surface area (Å²) in [6, 6.07) is 0. The molecule has 0 aromatic rings. The van der Waals surface area contributed by atoms with Crippen molar-refractivity contribution in [1.29, 1.82) is 0 Å². The van der Waals surface area contributed by atoms with Gasteiger partial charge in [-0.1, -0.05) is 6.92 Å². The Morgan fingerprint density at radius 2 is 2.11 bits per heavy atom. The van der Waals surface area contributed by atoms with Crippen LogP contribution in [0.4, 0.5) is 0 Å². The van der Waals surface area contributed by atoms with Gasteiger partial charge in [-0.3, -0.25) is 0 Å². The lowest BCUT2D eigenvalue weighted by molar-refractivity contribution is 0.0447. The topological polar surface area (TPSA) is 9.23 Å². The van der Waals surface area contributed by atoms with Crippen LogP contribution >= 0.6 is 0 Å². The molecule has 1 atom stereocenters. The summed E-state index contributed by atoms with van der Waals surface area (Å²) in [6.45, 7) is 5.17. The van der Waals surface area contributed by atoms with Crippen molar-refractivity contribution in [3.05, 3.63) is 0 Å². The van der Waals surface area contributed by atoms with Crippen molar-refractivity contribution < 1.29 is 4.74 Å². The Morgan fingerprint density at radius 3 is 2.44 bits per heavy atom. The SMILES string of the molecule is CCO[C@H](CC)C1CC1. The first-order chi connectivity index (χ1) is 4.38. The Balaban J connectivity index is 2.12. The van der Waals surface area contributed by atoms with Crippen molar-refractivity contribution >= 4 is 0 Å². The number of ether oxygens (including phenoxy) is 1. The third-order valence-electron chi connectivity index (χ3n) is 1.93. The third-order valence-corrected chi connectivity index (χ3v) is 1.93. The zero-order chi connectivity index (χ0) is 6.69. The van der Waals surface area contributed by atoms with Crippen molar-refractivity contribution in [1.82, 2.24) is 0 Å². The van der Waals surface area contributed by atoms with Crippen molar-refractivity contribution in [3.8, 4) is 0 Å². The molecule has 0 aliphatic heterocycles. The summed E-state index contributed by atoms with van der Waals surface area (Å²) in [5.74, 6) is 0.912. The molecule has 1 nitrogen and oxygen atoms in total. The van der Waals surface area contributed by atoms with E-state index < -0.39 is 0 Å². The zero-order valence-electron chi connectivity index (χ0n) is 6.39. The van der Waals surface area contributed by atoms with Crippen molar-refractivity contribution in [3.63, 3.8) is 0 Å². The van der Waals surface area contributed by atoms with Gasteiger partial charge in [0.05, 0.1) is 6.10 Å². The average molecular weight is 128 g/mol. The van der Waals surface area contributed by atoms with Crippen LogP contribution in [-0.4, -0.2) is 12.7 Å². The van der Waals surface area contributed by atoms with Gasteiger partial charge in [-0.15, -0.1) is 0 Å². The van der Waals surface area contributed by atoms with Gasteiger partial charge in [0.1, 0.15) is 0 Å². The summed E-state index contributed by atoms with van der Waals surface area (Å²) in [6.07, 6.45) is 4.57. The van der Waals surface area contributed by atoms with Crippen molar-refractivity contribution in [2.45, 2.75) is 39.2 Å². The fraction of sp³-hybridized carbons (Fsp3) is 1.00. The first kappa shape index (κ1) is 7.07. The summed E-state index contributed by atoms with van der Waals surface area (Å²) < 4.78 is 5.52. The van der Waals surface area contributed by atoms with Crippen LogP contribution in [0.3, 0.4) is 0 Å². The molecular formula is C8H16O. The van der Waals surface area contributed by atoms with E-state index in [1.54, 1.807) is 0 Å². The van der Waals surface area contributed by atoms with Crippen LogP contribution in [0.15, 0.2) is 0 Å². The molecule has 1 heteroatoms. The van der Waals surface area contributed by atoms with Crippen LogP contribution in [0.1, 0.15) is 33.1 Å². The lowest BCUT2D eigenvalue weighted by atomic mass is 10.2. The standard InChI is InChI=1S/C8H16O/c1-3-8(9-4-2)7-5-6-7/h7-8H,3-6H2,1-2H3/t8-/m1/s1. The zero-order valence-corrected chi connectivity index (χ0v) is 6.39. The van der Waals surface area contributed by atoms with Gasteiger partial charge in [0.25, 0.3) is 0 Å². The van der Waals surface area contributed by atoms with Crippen LogP contribution in [0.25, 0.3) is 0 Å². The molecular weight excluding hydrogens is 112 g/mol. The molecule has 0 aromatic carbocycles. The monoisotopic (exact) mass is 128 g/mol. The Labute approximate surface area is 57.4 Å². The van der Waals surface area contributed by atoms with E-state index in [1.807, 2.05) is 0 Å². The molecule has 1 rings (SSSR count). The molecule has 0 unspecified atom stereocenters. The lowest BCUT2D eigenvalue weighted by Crippen LogP contribution is -2.13. The van der Waals surface area contributed by atoms with E-state index >= 15 is 0 Å². The molecule has 9 heavy (non-hydrogen) atoms. The fourth-order valence-electron chi connectivity index (χ4n) is 1.27. The Morgan fingerprint density at radius 1 is 1.44 bits per heavy atom. The second-order valence-electron chi connectivity index (χ2n) is 2.74. The van der Waals surface area contributed by atoms with Gasteiger partial charge < -0.3 is 4.74 Å². The Bertz CT molecular complexity index is 76.6. The van der Waals surface area contributed by atoms with Gasteiger partial charge in [0, 0.05) is 6.61 Å². The van der Waals surface area contributed by atoms with Crippen LogP contribution in [-0.2, 0) is 4.74 Å². The molecule has 0 amide bonds. The number of hydrogen-bond acceptors (Lipinski definition) is 1. The second-order valence-corrected chi connectivity index (χ2v) is 2.74. The van der Waals surface area contributed by atoms with Crippen LogP contribution in [0.2, 0.25) is 0 Å². The molecule has 0 bridgehead atoms. The molecule has 0 spiro atoms. The maximum Gasteiger partial charge on any atom is 0.0600 e. The van der Waals surface area contributed by atoms with Gasteiger partial charge in [-0.05, 0) is 32.1 Å². The maximum atomic E-state index is 5.52. The van der Waals surface area contributed by atoms with Crippen LogP contribution in [0, 0.1) is 5.92 Å². The van der Waals surface area contributed by atoms with Crippen molar-refractivity contribution in [2.24, 2.45) is 5.92 Å². The fourth-order valence-corrected chi connectivity index (χ4v) is 1.27. The molecule has 1 saturated carbocycles. The largest absolute Gasteiger partial charge is 0.378 e. The molecule has 1 fully saturated rings. The highest BCUT2D eigenvalue weighted by atomic mass is 16.5. The van der Waals surface area contributed by atoms with E-state index in [9.17, 15) is 0 Å². The minimum Gasteiger partial charge on any atom is -0.378 e. The predicted molar refractivity (Wildman–Crippen MR) is 38.4 cm³/mol. The van der Waals surface area contributed by atoms with E-state index in [0.29, 0.717) is 6.10 Å². The van der Waals surface area contributed by atoms with E-state index in [1.165, 1.54) is 19.3 Å². The molecule has 0 heterocycles. The molecule has 0 radical (unpaired) electrons. The average Bonchev–Trinajstić information content (AvgIpc) is 2.64. The Kier molecular flexibility index (Phi) is 2.52. The van der Waals surface area contributed by atoms with Gasteiger partial charge in [-0.2, -0.15) is 0 Å². The minimum absolute atomic E-state index is 0.579. The smallest absolute Gasteiger partial charge is 0.0600 e. The molecule has 54 valence electrons.